The van der Waals surface area contributed by atoms with Crippen molar-refractivity contribution in [2.24, 2.45) is 0 Å². The minimum Gasteiger partial charge on any atom is -0.497 e. The maximum atomic E-state index is 12.6. The first-order valence-corrected chi connectivity index (χ1v) is 8.88. The maximum Gasteiger partial charge on any atom is 0.325 e. The molecule has 3 aromatic rings. The normalized spacial score (nSPS) is 16.3. The van der Waals surface area contributed by atoms with E-state index in [2.05, 4.69) is 10.3 Å². The number of hydrogen-bond acceptors (Lipinski definition) is 5. The number of nitrogens with one attached hydrogen (secondary N) is 1. The van der Waals surface area contributed by atoms with Crippen LogP contribution in [0.25, 0.3) is 11.5 Å². The lowest BCUT2D eigenvalue weighted by molar-refractivity contribution is -0.127. The highest BCUT2D eigenvalue weighted by Gasteiger charge is 2.38. The number of aromatic nitrogens is 1. The average molecular weight is 377 g/mol. The Morgan fingerprint density at radius 2 is 1.86 bits per heavy atom. The van der Waals surface area contributed by atoms with Gasteiger partial charge in [0.1, 0.15) is 18.1 Å². The zero-order chi connectivity index (χ0) is 19.5. The van der Waals surface area contributed by atoms with Crippen molar-refractivity contribution in [1.29, 1.82) is 0 Å². The number of oxazole rings is 1. The van der Waals surface area contributed by atoms with Gasteiger partial charge < -0.3 is 14.5 Å². The van der Waals surface area contributed by atoms with Gasteiger partial charge >= 0.3 is 6.03 Å². The second-order valence-electron chi connectivity index (χ2n) is 6.49. The van der Waals surface area contributed by atoms with Crippen LogP contribution in [0.1, 0.15) is 11.3 Å². The Labute approximate surface area is 161 Å². The predicted octanol–water partition coefficient (Wildman–Crippen LogP) is 3.01. The third kappa shape index (κ3) is 3.59. The van der Waals surface area contributed by atoms with Crippen molar-refractivity contribution >= 4 is 11.9 Å². The van der Waals surface area contributed by atoms with E-state index in [1.165, 1.54) is 11.2 Å². The third-order valence-electron chi connectivity index (χ3n) is 4.60. The molecule has 2 aromatic carbocycles. The van der Waals surface area contributed by atoms with E-state index in [1.54, 1.807) is 7.11 Å². The van der Waals surface area contributed by atoms with Gasteiger partial charge in [-0.1, -0.05) is 30.3 Å². The Kier molecular flexibility index (Phi) is 4.80. The Morgan fingerprint density at radius 3 is 2.57 bits per heavy atom. The van der Waals surface area contributed by atoms with Crippen molar-refractivity contribution in [2.75, 3.05) is 7.11 Å². The standard InChI is InChI=1S/C21H19N3O4/c1-27-17-9-7-15(8-10-17)19-22-16(13-28-19)12-24-20(25)18(23-21(24)26)11-14-5-3-2-4-6-14/h2-10,13,18H,11-12H2,1H3,(H,23,26). The molecule has 1 aromatic heterocycles. The summed E-state index contributed by atoms with van der Waals surface area (Å²) in [6.45, 7) is 0.0651. The minimum atomic E-state index is -0.567. The van der Waals surface area contributed by atoms with Gasteiger partial charge in [-0.05, 0) is 29.8 Å². The van der Waals surface area contributed by atoms with Gasteiger partial charge in [0.15, 0.2) is 0 Å². The van der Waals surface area contributed by atoms with Crippen LogP contribution < -0.4 is 10.1 Å². The predicted molar refractivity (Wildman–Crippen MR) is 102 cm³/mol. The van der Waals surface area contributed by atoms with E-state index in [0.29, 0.717) is 18.0 Å². The molecule has 1 atom stereocenters. The molecule has 1 N–H and O–H groups in total. The number of amides is 3. The SMILES string of the molecule is COc1ccc(-c2nc(CN3C(=O)NC(Cc4ccccc4)C3=O)co2)cc1. The highest BCUT2D eigenvalue weighted by Crippen LogP contribution is 2.23. The van der Waals surface area contributed by atoms with Gasteiger partial charge in [-0.2, -0.15) is 0 Å². The quantitative estimate of drug-likeness (QED) is 0.668. The summed E-state index contributed by atoms with van der Waals surface area (Å²) >= 11 is 0. The molecule has 7 heteroatoms. The molecule has 0 aliphatic carbocycles. The number of carbonyl (C=O) groups is 2. The topological polar surface area (TPSA) is 84.7 Å². The molecule has 1 aliphatic heterocycles. The van der Waals surface area contributed by atoms with Crippen LogP contribution in [0.2, 0.25) is 0 Å². The molecule has 0 radical (unpaired) electrons. The zero-order valence-corrected chi connectivity index (χ0v) is 15.3. The van der Waals surface area contributed by atoms with Crippen molar-refractivity contribution in [2.45, 2.75) is 19.0 Å². The van der Waals surface area contributed by atoms with Crippen LogP contribution in [-0.4, -0.2) is 35.0 Å². The number of imide groups is 1. The Balaban J connectivity index is 1.44. The molecular formula is C21H19N3O4. The van der Waals surface area contributed by atoms with Gasteiger partial charge in [-0.25, -0.2) is 9.78 Å². The van der Waals surface area contributed by atoms with Crippen LogP contribution in [0.4, 0.5) is 4.79 Å². The van der Waals surface area contributed by atoms with Gasteiger partial charge in [0.05, 0.1) is 19.3 Å². The summed E-state index contributed by atoms with van der Waals surface area (Å²) in [7, 11) is 1.60. The molecule has 1 saturated heterocycles. The largest absolute Gasteiger partial charge is 0.497 e. The van der Waals surface area contributed by atoms with Crippen LogP contribution in [0.5, 0.6) is 5.75 Å². The molecule has 2 heterocycles. The lowest BCUT2D eigenvalue weighted by Gasteiger charge is -2.11. The number of hydrogen-bond donors (Lipinski definition) is 1. The lowest BCUT2D eigenvalue weighted by Crippen LogP contribution is -2.32. The van der Waals surface area contributed by atoms with Crippen molar-refractivity contribution in [1.82, 2.24) is 15.2 Å². The van der Waals surface area contributed by atoms with Crippen LogP contribution in [-0.2, 0) is 17.8 Å². The fourth-order valence-corrected chi connectivity index (χ4v) is 3.12. The van der Waals surface area contributed by atoms with Crippen LogP contribution in [0, 0.1) is 0 Å². The van der Waals surface area contributed by atoms with Crippen molar-refractivity contribution in [3.63, 3.8) is 0 Å². The molecule has 3 amide bonds. The Morgan fingerprint density at radius 1 is 1.11 bits per heavy atom. The highest BCUT2D eigenvalue weighted by atomic mass is 16.5. The molecule has 7 nitrogen and oxygen atoms in total. The number of methoxy groups -OCH3 is 1. The minimum absolute atomic E-state index is 0.0651. The molecule has 1 fully saturated rings. The fraction of sp³-hybridized carbons (Fsp3) is 0.190. The number of benzene rings is 2. The average Bonchev–Trinajstić information content (AvgIpc) is 3.29. The molecule has 1 aliphatic rings. The molecule has 0 bridgehead atoms. The van der Waals surface area contributed by atoms with Gasteiger partial charge in [-0.3, -0.25) is 9.69 Å². The van der Waals surface area contributed by atoms with Gasteiger partial charge in [-0.15, -0.1) is 0 Å². The first-order valence-electron chi connectivity index (χ1n) is 8.88. The van der Waals surface area contributed by atoms with Gasteiger partial charge in [0, 0.05) is 12.0 Å². The van der Waals surface area contributed by atoms with Crippen LogP contribution in [0.15, 0.2) is 65.3 Å². The summed E-state index contributed by atoms with van der Waals surface area (Å²) in [5.41, 5.74) is 2.28. The van der Waals surface area contributed by atoms with Crippen molar-refractivity contribution in [3.05, 3.63) is 72.1 Å². The molecule has 0 saturated carbocycles. The van der Waals surface area contributed by atoms with E-state index in [0.717, 1.165) is 16.9 Å². The third-order valence-corrected chi connectivity index (χ3v) is 4.60. The second kappa shape index (κ2) is 7.56. The number of rotatable bonds is 6. The van der Waals surface area contributed by atoms with E-state index < -0.39 is 12.1 Å². The first kappa shape index (κ1) is 17.8. The summed E-state index contributed by atoms with van der Waals surface area (Å²) in [4.78, 5) is 30.5. The number of urea groups is 1. The monoisotopic (exact) mass is 377 g/mol. The summed E-state index contributed by atoms with van der Waals surface area (Å²) in [5, 5.41) is 2.74. The molecule has 28 heavy (non-hydrogen) atoms. The van der Waals surface area contributed by atoms with E-state index in [1.807, 2.05) is 54.6 Å². The van der Waals surface area contributed by atoms with E-state index >= 15 is 0 Å². The fourth-order valence-electron chi connectivity index (χ4n) is 3.12. The Bertz CT molecular complexity index is 982. The van der Waals surface area contributed by atoms with Crippen LogP contribution >= 0.6 is 0 Å². The van der Waals surface area contributed by atoms with E-state index in [9.17, 15) is 9.59 Å². The van der Waals surface area contributed by atoms with Crippen molar-refractivity contribution < 1.29 is 18.7 Å². The van der Waals surface area contributed by atoms with Crippen molar-refractivity contribution in [3.8, 4) is 17.2 Å². The van der Waals surface area contributed by atoms with Gasteiger partial charge in [0.2, 0.25) is 5.89 Å². The van der Waals surface area contributed by atoms with Gasteiger partial charge in [0.25, 0.3) is 5.91 Å². The maximum absolute atomic E-state index is 12.6. The summed E-state index contributed by atoms with van der Waals surface area (Å²) in [6, 6.07) is 15.9. The number of ether oxygens (including phenoxy) is 1. The Hall–Kier alpha value is -3.61. The first-order chi connectivity index (χ1) is 13.6. The molecule has 4 rings (SSSR count). The van der Waals surface area contributed by atoms with E-state index in [4.69, 9.17) is 9.15 Å². The molecule has 1 unspecified atom stereocenters. The summed E-state index contributed by atoms with van der Waals surface area (Å²) in [5.74, 6) is 0.896. The lowest BCUT2D eigenvalue weighted by atomic mass is 10.1. The number of nitrogens with zero attached hydrogens (tertiary/aromatic N) is 2. The molecular weight excluding hydrogens is 358 g/mol. The smallest absolute Gasteiger partial charge is 0.325 e. The molecule has 142 valence electrons. The summed E-state index contributed by atoms with van der Waals surface area (Å²) in [6.07, 6.45) is 1.92. The molecule has 0 spiro atoms. The summed E-state index contributed by atoms with van der Waals surface area (Å²) < 4.78 is 10.6. The second-order valence-corrected chi connectivity index (χ2v) is 6.49. The van der Waals surface area contributed by atoms with Crippen LogP contribution in [0.3, 0.4) is 0 Å². The van der Waals surface area contributed by atoms with E-state index in [-0.39, 0.29) is 12.5 Å². The number of carbonyl (C=O) groups excluding carboxylic acids is 2. The highest BCUT2D eigenvalue weighted by molar-refractivity contribution is 6.04. The zero-order valence-electron chi connectivity index (χ0n) is 15.3.